The fraction of sp³-hybridized carbons (Fsp3) is 0.167. The van der Waals surface area contributed by atoms with Crippen LogP contribution in [0.2, 0.25) is 0 Å². The van der Waals surface area contributed by atoms with Crippen molar-refractivity contribution in [2.75, 3.05) is 20.0 Å². The van der Waals surface area contributed by atoms with Crippen LogP contribution < -0.4 is 10.5 Å². The van der Waals surface area contributed by atoms with Crippen LogP contribution in [0.4, 0.5) is 5.69 Å². The van der Waals surface area contributed by atoms with E-state index in [4.69, 9.17) is 10.5 Å². The molecule has 0 heterocycles. The standard InChI is InChI=1S/C18H19NO3S/c1-12-10-17(23-16-7-5-4-6-15(16)21-2)14(19)11-13(12)8-9-18(20)22-3/h4-11H,19H2,1-3H3/b9-8+. The number of anilines is 1. The molecule has 0 spiro atoms. The Hall–Kier alpha value is -2.40. The predicted octanol–water partition coefficient (Wildman–Crippen LogP) is 3.92. The molecule has 0 radical (unpaired) electrons. The molecule has 2 aromatic rings. The lowest BCUT2D eigenvalue weighted by atomic mass is 10.1. The Morgan fingerprint density at radius 3 is 2.61 bits per heavy atom. The molecule has 4 nitrogen and oxygen atoms in total. The molecule has 0 amide bonds. The van der Waals surface area contributed by atoms with Gasteiger partial charge in [0.05, 0.1) is 19.1 Å². The Bertz CT molecular complexity index is 741. The number of ether oxygens (including phenoxy) is 2. The molecule has 0 atom stereocenters. The van der Waals surface area contributed by atoms with Crippen LogP contribution in [-0.2, 0) is 9.53 Å². The Morgan fingerprint density at radius 1 is 1.17 bits per heavy atom. The first-order chi connectivity index (χ1) is 11.0. The van der Waals surface area contributed by atoms with Crippen LogP contribution in [0.5, 0.6) is 5.75 Å². The maximum atomic E-state index is 11.2. The third-order valence-corrected chi connectivity index (χ3v) is 4.42. The van der Waals surface area contributed by atoms with E-state index in [0.717, 1.165) is 26.7 Å². The zero-order valence-corrected chi connectivity index (χ0v) is 14.1. The minimum absolute atomic E-state index is 0.393. The van der Waals surface area contributed by atoms with Gasteiger partial charge in [-0.05, 0) is 48.4 Å². The zero-order chi connectivity index (χ0) is 16.8. The number of methoxy groups -OCH3 is 2. The highest BCUT2D eigenvalue weighted by molar-refractivity contribution is 7.99. The van der Waals surface area contributed by atoms with Gasteiger partial charge in [-0.15, -0.1) is 0 Å². The van der Waals surface area contributed by atoms with Crippen molar-refractivity contribution in [1.29, 1.82) is 0 Å². The van der Waals surface area contributed by atoms with Crippen LogP contribution in [0.3, 0.4) is 0 Å². The molecule has 2 aromatic carbocycles. The molecule has 0 bridgehead atoms. The van der Waals surface area contributed by atoms with Gasteiger partial charge in [0.1, 0.15) is 5.75 Å². The van der Waals surface area contributed by atoms with Crippen molar-refractivity contribution >= 4 is 29.5 Å². The maximum Gasteiger partial charge on any atom is 0.330 e. The van der Waals surface area contributed by atoms with Gasteiger partial charge in [-0.2, -0.15) is 0 Å². The van der Waals surface area contributed by atoms with Gasteiger partial charge in [-0.1, -0.05) is 23.9 Å². The van der Waals surface area contributed by atoms with Gasteiger partial charge in [0.2, 0.25) is 0 Å². The third-order valence-electron chi connectivity index (χ3n) is 3.29. The zero-order valence-electron chi connectivity index (χ0n) is 13.3. The summed E-state index contributed by atoms with van der Waals surface area (Å²) in [5.41, 5.74) is 8.72. The summed E-state index contributed by atoms with van der Waals surface area (Å²) in [4.78, 5) is 13.1. The fourth-order valence-electron chi connectivity index (χ4n) is 2.03. The number of nitrogens with two attached hydrogens (primary N) is 1. The van der Waals surface area contributed by atoms with E-state index in [1.54, 1.807) is 24.9 Å². The van der Waals surface area contributed by atoms with Gasteiger partial charge in [0.25, 0.3) is 0 Å². The molecule has 0 saturated heterocycles. The van der Waals surface area contributed by atoms with Crippen LogP contribution in [0, 0.1) is 6.92 Å². The monoisotopic (exact) mass is 329 g/mol. The first kappa shape index (κ1) is 17.0. The van der Waals surface area contributed by atoms with Crippen LogP contribution >= 0.6 is 11.8 Å². The van der Waals surface area contributed by atoms with Crippen LogP contribution in [0.25, 0.3) is 6.08 Å². The van der Waals surface area contributed by atoms with Crippen LogP contribution in [0.15, 0.2) is 52.3 Å². The highest BCUT2D eigenvalue weighted by atomic mass is 32.2. The largest absolute Gasteiger partial charge is 0.496 e. The van der Waals surface area contributed by atoms with Gasteiger partial charge in [0, 0.05) is 16.7 Å². The molecule has 23 heavy (non-hydrogen) atoms. The SMILES string of the molecule is COC(=O)/C=C/c1cc(N)c(Sc2ccccc2OC)cc1C. The number of aryl methyl sites for hydroxylation is 1. The second-order valence-corrected chi connectivity index (χ2v) is 5.94. The number of esters is 1. The molecular formula is C18H19NO3S. The fourth-order valence-corrected chi connectivity index (χ4v) is 3.08. The first-order valence-corrected chi connectivity index (χ1v) is 7.84. The molecule has 120 valence electrons. The predicted molar refractivity (Wildman–Crippen MR) is 93.8 cm³/mol. The Balaban J connectivity index is 2.30. The quantitative estimate of drug-likeness (QED) is 0.512. The summed E-state index contributed by atoms with van der Waals surface area (Å²) in [5, 5.41) is 0. The van der Waals surface area contributed by atoms with E-state index in [1.807, 2.05) is 43.3 Å². The van der Waals surface area contributed by atoms with Gasteiger partial charge >= 0.3 is 5.97 Å². The normalized spacial score (nSPS) is 10.7. The highest BCUT2D eigenvalue weighted by Crippen LogP contribution is 2.38. The van der Waals surface area contributed by atoms with Crippen molar-refractivity contribution in [1.82, 2.24) is 0 Å². The Kier molecular flexibility index (Phi) is 5.71. The highest BCUT2D eigenvalue weighted by Gasteiger charge is 2.09. The van der Waals surface area contributed by atoms with Gasteiger partial charge in [-0.25, -0.2) is 4.79 Å². The second-order valence-electron chi connectivity index (χ2n) is 4.86. The lowest BCUT2D eigenvalue weighted by Gasteiger charge is -2.12. The molecule has 2 rings (SSSR count). The maximum absolute atomic E-state index is 11.2. The summed E-state index contributed by atoms with van der Waals surface area (Å²) in [6.45, 7) is 1.97. The molecule has 0 aliphatic heterocycles. The smallest absolute Gasteiger partial charge is 0.330 e. The molecule has 2 N–H and O–H groups in total. The second kappa shape index (κ2) is 7.74. The molecule has 0 aromatic heterocycles. The van der Waals surface area contributed by atoms with Crippen molar-refractivity contribution in [2.24, 2.45) is 0 Å². The number of para-hydroxylation sites is 1. The number of carbonyl (C=O) groups excluding carboxylic acids is 1. The van der Waals surface area contributed by atoms with E-state index in [-0.39, 0.29) is 0 Å². The van der Waals surface area contributed by atoms with E-state index < -0.39 is 5.97 Å². The van der Waals surface area contributed by atoms with E-state index >= 15 is 0 Å². The number of benzene rings is 2. The summed E-state index contributed by atoms with van der Waals surface area (Å²) in [6.07, 6.45) is 3.09. The summed E-state index contributed by atoms with van der Waals surface area (Å²) < 4.78 is 9.96. The summed E-state index contributed by atoms with van der Waals surface area (Å²) >= 11 is 1.55. The van der Waals surface area contributed by atoms with Crippen molar-refractivity contribution in [3.8, 4) is 5.75 Å². The number of rotatable bonds is 5. The van der Waals surface area contributed by atoms with Crippen molar-refractivity contribution in [2.45, 2.75) is 16.7 Å². The van der Waals surface area contributed by atoms with Gasteiger partial charge in [-0.3, -0.25) is 0 Å². The average Bonchev–Trinajstić information content (AvgIpc) is 2.56. The molecule has 0 aliphatic rings. The molecule has 0 fully saturated rings. The molecule has 0 saturated carbocycles. The number of carbonyl (C=O) groups is 1. The average molecular weight is 329 g/mol. The van der Waals surface area contributed by atoms with Gasteiger partial charge in [0.15, 0.2) is 0 Å². The topological polar surface area (TPSA) is 61.5 Å². The van der Waals surface area contributed by atoms with Crippen molar-refractivity contribution in [3.05, 3.63) is 53.6 Å². The number of nitrogen functional groups attached to an aromatic ring is 1. The van der Waals surface area contributed by atoms with E-state index in [9.17, 15) is 4.79 Å². The van der Waals surface area contributed by atoms with Crippen molar-refractivity contribution in [3.63, 3.8) is 0 Å². The third kappa shape index (κ3) is 4.29. The summed E-state index contributed by atoms with van der Waals surface area (Å²) in [6, 6.07) is 11.7. The Morgan fingerprint density at radius 2 is 1.91 bits per heavy atom. The molecular weight excluding hydrogens is 310 g/mol. The minimum atomic E-state index is -0.393. The van der Waals surface area contributed by atoms with Crippen molar-refractivity contribution < 1.29 is 14.3 Å². The van der Waals surface area contributed by atoms with E-state index in [1.165, 1.54) is 13.2 Å². The molecule has 0 unspecified atom stereocenters. The van der Waals surface area contributed by atoms with E-state index in [0.29, 0.717) is 5.69 Å². The lowest BCUT2D eigenvalue weighted by Crippen LogP contribution is -1.95. The number of hydrogen-bond acceptors (Lipinski definition) is 5. The van der Waals surface area contributed by atoms with Gasteiger partial charge < -0.3 is 15.2 Å². The summed E-state index contributed by atoms with van der Waals surface area (Å²) in [7, 11) is 3.00. The number of hydrogen-bond donors (Lipinski definition) is 1. The van der Waals surface area contributed by atoms with Crippen LogP contribution in [0.1, 0.15) is 11.1 Å². The minimum Gasteiger partial charge on any atom is -0.496 e. The Labute approximate surface area is 140 Å². The molecule has 0 aliphatic carbocycles. The van der Waals surface area contributed by atoms with E-state index in [2.05, 4.69) is 4.74 Å². The van der Waals surface area contributed by atoms with Crippen LogP contribution in [-0.4, -0.2) is 20.2 Å². The molecule has 5 heteroatoms. The lowest BCUT2D eigenvalue weighted by molar-refractivity contribution is -0.134. The summed E-state index contributed by atoms with van der Waals surface area (Å²) in [5.74, 6) is 0.416. The first-order valence-electron chi connectivity index (χ1n) is 7.02.